The van der Waals surface area contributed by atoms with Crippen molar-refractivity contribution in [2.45, 2.75) is 0 Å². The van der Waals surface area contributed by atoms with Crippen molar-refractivity contribution in [3.05, 3.63) is 82.9 Å². The van der Waals surface area contributed by atoms with E-state index in [0.717, 1.165) is 16.3 Å². The van der Waals surface area contributed by atoms with Crippen molar-refractivity contribution < 1.29 is 9.59 Å². The lowest BCUT2D eigenvalue weighted by Gasteiger charge is -2.05. The molecule has 0 saturated carbocycles. The van der Waals surface area contributed by atoms with E-state index in [2.05, 4.69) is 15.8 Å². The lowest BCUT2D eigenvalue weighted by molar-refractivity contribution is -0.120. The van der Waals surface area contributed by atoms with Crippen molar-refractivity contribution in [2.75, 3.05) is 6.54 Å². The van der Waals surface area contributed by atoms with Gasteiger partial charge in [0, 0.05) is 16.1 Å². The molecule has 0 saturated heterocycles. The van der Waals surface area contributed by atoms with Crippen LogP contribution in [0.2, 0.25) is 5.02 Å². The topological polar surface area (TPSA) is 70.6 Å². The molecule has 0 radical (unpaired) electrons. The summed E-state index contributed by atoms with van der Waals surface area (Å²) in [4.78, 5) is 23.8. The van der Waals surface area contributed by atoms with Crippen molar-refractivity contribution in [3.8, 4) is 0 Å². The zero-order chi connectivity index (χ0) is 18.4. The Kier molecular flexibility index (Phi) is 5.61. The summed E-state index contributed by atoms with van der Waals surface area (Å²) in [6.07, 6.45) is 1.58. The Morgan fingerprint density at radius 1 is 0.962 bits per heavy atom. The Labute approximate surface area is 155 Å². The van der Waals surface area contributed by atoms with Gasteiger partial charge in [0.25, 0.3) is 11.8 Å². The highest BCUT2D eigenvalue weighted by Gasteiger charge is 2.07. The number of nitrogens with zero attached hydrogens (tertiary/aromatic N) is 1. The van der Waals surface area contributed by atoms with Crippen molar-refractivity contribution in [3.63, 3.8) is 0 Å². The quantitative estimate of drug-likeness (QED) is 0.537. The molecule has 0 aliphatic rings. The van der Waals surface area contributed by atoms with Gasteiger partial charge in [-0.15, -0.1) is 0 Å². The Morgan fingerprint density at radius 2 is 1.69 bits per heavy atom. The molecule has 0 aliphatic carbocycles. The number of carbonyl (C=O) groups excluding carboxylic acids is 2. The molecule has 5 nitrogen and oxygen atoms in total. The first-order valence-electron chi connectivity index (χ1n) is 7.97. The second-order valence-corrected chi connectivity index (χ2v) is 5.99. The Morgan fingerprint density at radius 3 is 2.50 bits per heavy atom. The number of amides is 2. The first-order valence-corrected chi connectivity index (χ1v) is 8.35. The van der Waals surface area contributed by atoms with Crippen LogP contribution in [0.25, 0.3) is 10.8 Å². The number of carbonyl (C=O) groups is 2. The predicted octanol–water partition coefficient (Wildman–Crippen LogP) is 3.37. The zero-order valence-corrected chi connectivity index (χ0v) is 14.5. The average molecular weight is 366 g/mol. The van der Waals surface area contributed by atoms with Crippen LogP contribution in [0.5, 0.6) is 0 Å². The number of hydrazone groups is 1. The number of hydrogen-bond donors (Lipinski definition) is 2. The van der Waals surface area contributed by atoms with Gasteiger partial charge in [0.05, 0.1) is 12.8 Å². The van der Waals surface area contributed by atoms with Crippen LogP contribution in [0.15, 0.2) is 71.8 Å². The van der Waals surface area contributed by atoms with Gasteiger partial charge in [0.15, 0.2) is 0 Å². The summed E-state index contributed by atoms with van der Waals surface area (Å²) in [6, 6.07) is 20.2. The molecule has 0 atom stereocenters. The van der Waals surface area contributed by atoms with E-state index in [9.17, 15) is 9.59 Å². The SMILES string of the molecule is O=C(CNC(=O)c1ccc(Cl)cc1)NN=Cc1cccc2ccccc12. The first kappa shape index (κ1) is 17.6. The van der Waals surface area contributed by atoms with Gasteiger partial charge in [-0.25, -0.2) is 5.43 Å². The largest absolute Gasteiger partial charge is 0.343 e. The predicted molar refractivity (Wildman–Crippen MR) is 103 cm³/mol. The highest BCUT2D eigenvalue weighted by molar-refractivity contribution is 6.30. The molecule has 0 aromatic heterocycles. The minimum Gasteiger partial charge on any atom is -0.343 e. The molecule has 2 amide bonds. The van der Waals surface area contributed by atoms with E-state index in [1.54, 1.807) is 30.5 Å². The summed E-state index contributed by atoms with van der Waals surface area (Å²) in [7, 11) is 0. The minimum atomic E-state index is -0.413. The number of fused-ring (bicyclic) bond motifs is 1. The fraction of sp³-hybridized carbons (Fsp3) is 0.0500. The highest BCUT2D eigenvalue weighted by Crippen LogP contribution is 2.16. The Balaban J connectivity index is 1.54. The Bertz CT molecular complexity index is 963. The van der Waals surface area contributed by atoms with Crippen LogP contribution < -0.4 is 10.7 Å². The summed E-state index contributed by atoms with van der Waals surface area (Å²) in [6.45, 7) is -0.172. The molecule has 3 aromatic carbocycles. The van der Waals surface area contributed by atoms with Crippen LogP contribution in [-0.2, 0) is 4.79 Å². The third kappa shape index (κ3) is 4.46. The fourth-order valence-electron chi connectivity index (χ4n) is 2.44. The minimum absolute atomic E-state index is 0.172. The van der Waals surface area contributed by atoms with Crippen LogP contribution in [-0.4, -0.2) is 24.6 Å². The van der Waals surface area contributed by atoms with Gasteiger partial charge >= 0.3 is 0 Å². The van der Waals surface area contributed by atoms with Crippen LogP contribution in [0.4, 0.5) is 0 Å². The molecule has 3 rings (SSSR count). The molecule has 130 valence electrons. The van der Waals surface area contributed by atoms with Gasteiger partial charge in [0.2, 0.25) is 0 Å². The smallest absolute Gasteiger partial charge is 0.259 e. The van der Waals surface area contributed by atoms with Crippen LogP contribution in [0, 0.1) is 0 Å². The van der Waals surface area contributed by atoms with E-state index in [1.165, 1.54) is 0 Å². The second kappa shape index (κ2) is 8.27. The fourth-order valence-corrected chi connectivity index (χ4v) is 2.57. The molecule has 0 fully saturated rings. The summed E-state index contributed by atoms with van der Waals surface area (Å²) in [5.74, 6) is -0.765. The third-order valence-electron chi connectivity index (χ3n) is 3.73. The van der Waals surface area contributed by atoms with E-state index >= 15 is 0 Å². The molecular formula is C20H16ClN3O2. The average Bonchev–Trinajstić information content (AvgIpc) is 2.67. The summed E-state index contributed by atoms with van der Waals surface area (Å²) >= 11 is 5.78. The summed E-state index contributed by atoms with van der Waals surface area (Å²) in [5, 5.41) is 9.17. The molecule has 3 aromatic rings. The number of halogens is 1. The number of hydrogen-bond acceptors (Lipinski definition) is 3. The molecule has 0 aliphatic heterocycles. The van der Waals surface area contributed by atoms with Crippen LogP contribution >= 0.6 is 11.6 Å². The molecular weight excluding hydrogens is 350 g/mol. The standard InChI is InChI=1S/C20H16ClN3O2/c21-17-10-8-15(9-11-17)20(26)22-13-19(25)24-23-12-16-6-3-5-14-4-1-2-7-18(14)16/h1-12H,13H2,(H,22,26)(H,24,25). The zero-order valence-electron chi connectivity index (χ0n) is 13.8. The van der Waals surface area contributed by atoms with E-state index in [-0.39, 0.29) is 12.5 Å². The van der Waals surface area contributed by atoms with E-state index in [0.29, 0.717) is 10.6 Å². The van der Waals surface area contributed by atoms with E-state index < -0.39 is 5.91 Å². The van der Waals surface area contributed by atoms with Crippen molar-refractivity contribution >= 4 is 40.4 Å². The summed E-state index contributed by atoms with van der Waals surface area (Å²) in [5.41, 5.74) is 3.74. The number of rotatable bonds is 5. The molecule has 0 heterocycles. The van der Waals surface area contributed by atoms with Gasteiger partial charge < -0.3 is 5.32 Å². The highest BCUT2D eigenvalue weighted by atomic mass is 35.5. The Hall–Kier alpha value is -3.18. The van der Waals surface area contributed by atoms with Gasteiger partial charge in [-0.05, 0) is 35.0 Å². The van der Waals surface area contributed by atoms with E-state index in [1.807, 2.05) is 42.5 Å². The van der Waals surface area contributed by atoms with Gasteiger partial charge in [-0.1, -0.05) is 54.1 Å². The van der Waals surface area contributed by atoms with Crippen LogP contribution in [0.3, 0.4) is 0 Å². The number of benzene rings is 3. The molecule has 2 N–H and O–H groups in total. The lowest BCUT2D eigenvalue weighted by atomic mass is 10.1. The van der Waals surface area contributed by atoms with Gasteiger partial charge in [0.1, 0.15) is 0 Å². The molecule has 0 spiro atoms. The third-order valence-corrected chi connectivity index (χ3v) is 3.98. The molecule has 6 heteroatoms. The van der Waals surface area contributed by atoms with Crippen LogP contribution in [0.1, 0.15) is 15.9 Å². The lowest BCUT2D eigenvalue weighted by Crippen LogP contribution is -2.34. The molecule has 26 heavy (non-hydrogen) atoms. The van der Waals surface area contributed by atoms with Gasteiger partial charge in [-0.2, -0.15) is 5.10 Å². The first-order chi connectivity index (χ1) is 12.6. The summed E-state index contributed by atoms with van der Waals surface area (Å²) < 4.78 is 0. The molecule has 0 bridgehead atoms. The number of nitrogens with one attached hydrogen (secondary N) is 2. The van der Waals surface area contributed by atoms with Crippen molar-refractivity contribution in [1.82, 2.24) is 10.7 Å². The maximum atomic E-state index is 11.9. The maximum absolute atomic E-state index is 11.9. The van der Waals surface area contributed by atoms with E-state index in [4.69, 9.17) is 11.6 Å². The van der Waals surface area contributed by atoms with Crippen molar-refractivity contribution in [1.29, 1.82) is 0 Å². The normalized spacial score (nSPS) is 10.8. The van der Waals surface area contributed by atoms with Crippen molar-refractivity contribution in [2.24, 2.45) is 5.10 Å². The molecule has 0 unspecified atom stereocenters. The maximum Gasteiger partial charge on any atom is 0.259 e. The monoisotopic (exact) mass is 365 g/mol. The van der Waals surface area contributed by atoms with Gasteiger partial charge in [-0.3, -0.25) is 9.59 Å². The second-order valence-electron chi connectivity index (χ2n) is 5.55.